The molecule has 3 heteroatoms. The summed E-state index contributed by atoms with van der Waals surface area (Å²) in [6.07, 6.45) is 1.82. The van der Waals surface area contributed by atoms with E-state index >= 15 is 0 Å². The van der Waals surface area contributed by atoms with E-state index in [0.29, 0.717) is 0 Å². The molecule has 0 aromatic carbocycles. The van der Waals surface area contributed by atoms with Crippen molar-refractivity contribution in [3.8, 4) is 0 Å². The molecule has 0 aliphatic rings. The zero-order chi connectivity index (χ0) is 9.84. The SMILES string of the molecule is Cc1cc(N(C)CC(C)N)ccn1. The monoisotopic (exact) mass is 179 g/mol. The van der Waals surface area contributed by atoms with Crippen LogP contribution < -0.4 is 10.6 Å². The molecule has 1 heterocycles. The Labute approximate surface area is 79.6 Å². The zero-order valence-electron chi connectivity index (χ0n) is 8.49. The first-order valence-electron chi connectivity index (χ1n) is 4.49. The van der Waals surface area contributed by atoms with Gasteiger partial charge in [-0.2, -0.15) is 0 Å². The molecular formula is C10H17N3. The fourth-order valence-electron chi connectivity index (χ4n) is 1.31. The summed E-state index contributed by atoms with van der Waals surface area (Å²) < 4.78 is 0. The van der Waals surface area contributed by atoms with Crippen molar-refractivity contribution in [1.82, 2.24) is 4.98 Å². The highest BCUT2D eigenvalue weighted by Crippen LogP contribution is 2.11. The van der Waals surface area contributed by atoms with Crippen molar-refractivity contribution in [2.75, 3.05) is 18.5 Å². The Kier molecular flexibility index (Phi) is 3.25. The molecule has 1 aromatic rings. The van der Waals surface area contributed by atoms with E-state index in [1.165, 1.54) is 5.69 Å². The lowest BCUT2D eigenvalue weighted by Crippen LogP contribution is -2.32. The molecule has 0 radical (unpaired) electrons. The fraction of sp³-hybridized carbons (Fsp3) is 0.500. The van der Waals surface area contributed by atoms with Gasteiger partial charge in [-0.15, -0.1) is 0 Å². The maximum atomic E-state index is 5.71. The molecule has 13 heavy (non-hydrogen) atoms. The highest BCUT2D eigenvalue weighted by Gasteiger charge is 2.02. The van der Waals surface area contributed by atoms with Crippen molar-refractivity contribution in [1.29, 1.82) is 0 Å². The molecule has 1 rings (SSSR count). The molecule has 1 atom stereocenters. The van der Waals surface area contributed by atoms with Crippen molar-refractivity contribution in [2.45, 2.75) is 19.9 Å². The van der Waals surface area contributed by atoms with E-state index < -0.39 is 0 Å². The second-order valence-electron chi connectivity index (χ2n) is 3.51. The number of nitrogens with zero attached hydrogens (tertiary/aromatic N) is 2. The highest BCUT2D eigenvalue weighted by atomic mass is 15.1. The van der Waals surface area contributed by atoms with Crippen LogP contribution in [-0.4, -0.2) is 24.6 Å². The first kappa shape index (κ1) is 9.99. The molecule has 0 amide bonds. The van der Waals surface area contributed by atoms with Gasteiger partial charge in [0, 0.05) is 37.2 Å². The van der Waals surface area contributed by atoms with Gasteiger partial charge >= 0.3 is 0 Å². The summed E-state index contributed by atoms with van der Waals surface area (Å²) in [6.45, 7) is 4.86. The van der Waals surface area contributed by atoms with E-state index in [-0.39, 0.29) is 6.04 Å². The maximum Gasteiger partial charge on any atom is 0.0397 e. The second-order valence-corrected chi connectivity index (χ2v) is 3.51. The predicted molar refractivity (Wildman–Crippen MR) is 55.9 cm³/mol. The normalized spacial score (nSPS) is 12.6. The van der Waals surface area contributed by atoms with Gasteiger partial charge in [0.1, 0.15) is 0 Å². The third-order valence-electron chi connectivity index (χ3n) is 1.88. The molecule has 1 unspecified atom stereocenters. The highest BCUT2D eigenvalue weighted by molar-refractivity contribution is 5.45. The number of hydrogen-bond acceptors (Lipinski definition) is 3. The number of hydrogen-bond donors (Lipinski definition) is 1. The maximum absolute atomic E-state index is 5.71. The molecule has 0 spiro atoms. The van der Waals surface area contributed by atoms with Crippen LogP contribution in [0, 0.1) is 6.92 Å². The summed E-state index contributed by atoms with van der Waals surface area (Å²) in [5.74, 6) is 0. The molecule has 0 saturated heterocycles. The van der Waals surface area contributed by atoms with E-state index in [1.54, 1.807) is 0 Å². The summed E-state index contributed by atoms with van der Waals surface area (Å²) in [6, 6.07) is 4.25. The van der Waals surface area contributed by atoms with Gasteiger partial charge in [-0.3, -0.25) is 4.98 Å². The minimum absolute atomic E-state index is 0.193. The van der Waals surface area contributed by atoms with E-state index in [4.69, 9.17) is 5.73 Å². The summed E-state index contributed by atoms with van der Waals surface area (Å²) >= 11 is 0. The Balaban J connectivity index is 2.71. The van der Waals surface area contributed by atoms with Gasteiger partial charge in [-0.1, -0.05) is 0 Å². The minimum Gasteiger partial charge on any atom is -0.373 e. The molecule has 0 aliphatic heterocycles. The van der Waals surface area contributed by atoms with Crippen molar-refractivity contribution in [2.24, 2.45) is 5.73 Å². The zero-order valence-corrected chi connectivity index (χ0v) is 8.49. The van der Waals surface area contributed by atoms with Crippen LogP contribution in [0.3, 0.4) is 0 Å². The molecule has 0 fully saturated rings. The van der Waals surface area contributed by atoms with Crippen LogP contribution in [0.4, 0.5) is 5.69 Å². The smallest absolute Gasteiger partial charge is 0.0397 e. The van der Waals surface area contributed by atoms with Gasteiger partial charge < -0.3 is 10.6 Å². The first-order chi connectivity index (χ1) is 6.09. The Morgan fingerprint density at radius 2 is 2.31 bits per heavy atom. The third kappa shape index (κ3) is 3.03. The van der Waals surface area contributed by atoms with Crippen LogP contribution in [0.5, 0.6) is 0 Å². The third-order valence-corrected chi connectivity index (χ3v) is 1.88. The molecule has 0 aliphatic carbocycles. The lowest BCUT2D eigenvalue weighted by atomic mass is 10.3. The number of anilines is 1. The van der Waals surface area contributed by atoms with Gasteiger partial charge in [-0.25, -0.2) is 0 Å². The molecular weight excluding hydrogens is 162 g/mol. The summed E-state index contributed by atoms with van der Waals surface area (Å²) in [5, 5.41) is 0. The number of pyridine rings is 1. The van der Waals surface area contributed by atoms with E-state index in [2.05, 4.69) is 16.0 Å². The van der Waals surface area contributed by atoms with Gasteiger partial charge in [0.15, 0.2) is 0 Å². The fourth-order valence-corrected chi connectivity index (χ4v) is 1.31. The first-order valence-corrected chi connectivity index (χ1v) is 4.49. The topological polar surface area (TPSA) is 42.1 Å². The van der Waals surface area contributed by atoms with Crippen molar-refractivity contribution in [3.63, 3.8) is 0 Å². The van der Waals surface area contributed by atoms with Crippen molar-refractivity contribution < 1.29 is 0 Å². The van der Waals surface area contributed by atoms with Gasteiger partial charge in [0.2, 0.25) is 0 Å². The van der Waals surface area contributed by atoms with Crippen LogP contribution in [0.2, 0.25) is 0 Å². The standard InChI is InChI=1S/C10H17N3/c1-8(11)7-13(3)10-4-5-12-9(2)6-10/h4-6,8H,7,11H2,1-3H3. The lowest BCUT2D eigenvalue weighted by Gasteiger charge is -2.21. The van der Waals surface area contributed by atoms with Gasteiger partial charge in [0.25, 0.3) is 0 Å². The lowest BCUT2D eigenvalue weighted by molar-refractivity contribution is 0.717. The summed E-state index contributed by atoms with van der Waals surface area (Å²) in [5.41, 5.74) is 7.92. The molecule has 2 N–H and O–H groups in total. The molecule has 72 valence electrons. The van der Waals surface area contributed by atoms with E-state index in [9.17, 15) is 0 Å². The Bertz CT molecular complexity index is 271. The van der Waals surface area contributed by atoms with Crippen molar-refractivity contribution >= 4 is 5.69 Å². The Hall–Kier alpha value is -1.09. The van der Waals surface area contributed by atoms with Gasteiger partial charge in [-0.05, 0) is 26.0 Å². The quantitative estimate of drug-likeness (QED) is 0.757. The Morgan fingerprint density at radius 3 is 2.85 bits per heavy atom. The number of rotatable bonds is 3. The van der Waals surface area contributed by atoms with Crippen LogP contribution >= 0.6 is 0 Å². The van der Waals surface area contributed by atoms with E-state index in [0.717, 1.165) is 12.2 Å². The number of nitrogens with two attached hydrogens (primary N) is 1. The molecule has 0 bridgehead atoms. The van der Waals surface area contributed by atoms with Crippen molar-refractivity contribution in [3.05, 3.63) is 24.0 Å². The summed E-state index contributed by atoms with van der Waals surface area (Å²) in [4.78, 5) is 6.28. The number of aryl methyl sites for hydroxylation is 1. The molecule has 3 nitrogen and oxygen atoms in total. The molecule has 1 aromatic heterocycles. The second kappa shape index (κ2) is 4.23. The average molecular weight is 179 g/mol. The van der Waals surface area contributed by atoms with Crippen LogP contribution in [0.25, 0.3) is 0 Å². The van der Waals surface area contributed by atoms with Crippen LogP contribution in [0.15, 0.2) is 18.3 Å². The van der Waals surface area contributed by atoms with Gasteiger partial charge in [0.05, 0.1) is 0 Å². The predicted octanol–water partition coefficient (Wildman–Crippen LogP) is 1.17. The summed E-state index contributed by atoms with van der Waals surface area (Å²) in [7, 11) is 2.04. The van der Waals surface area contributed by atoms with Crippen LogP contribution in [-0.2, 0) is 0 Å². The Morgan fingerprint density at radius 1 is 1.62 bits per heavy atom. The number of aromatic nitrogens is 1. The minimum atomic E-state index is 0.193. The molecule has 0 saturated carbocycles. The van der Waals surface area contributed by atoms with Crippen LogP contribution in [0.1, 0.15) is 12.6 Å². The van der Waals surface area contributed by atoms with E-state index in [1.807, 2.05) is 33.2 Å². The average Bonchev–Trinajstić information content (AvgIpc) is 2.03. The largest absolute Gasteiger partial charge is 0.373 e. The number of likely N-dealkylation sites (N-methyl/N-ethyl adjacent to an activating group) is 1.